The fraction of sp³-hybridized carbons (Fsp3) is 0.286. The third kappa shape index (κ3) is 3.08. The van der Waals surface area contributed by atoms with Crippen molar-refractivity contribution in [2.24, 2.45) is 0 Å². The molecule has 0 saturated heterocycles. The van der Waals surface area contributed by atoms with Gasteiger partial charge in [0.15, 0.2) is 0 Å². The van der Waals surface area contributed by atoms with Crippen LogP contribution in [0, 0.1) is 0 Å². The third-order valence-electron chi connectivity index (χ3n) is 3.02. The zero-order valence-corrected chi connectivity index (χ0v) is 12.9. The summed E-state index contributed by atoms with van der Waals surface area (Å²) in [6.45, 7) is 1.80. The zero-order chi connectivity index (χ0) is 14.6. The summed E-state index contributed by atoms with van der Waals surface area (Å²) in [7, 11) is 1.54. The first-order chi connectivity index (χ1) is 9.59. The van der Waals surface area contributed by atoms with E-state index < -0.39 is 5.54 Å². The molecule has 1 aromatic heterocycles. The molecule has 2 rings (SSSR count). The molecule has 5 nitrogen and oxygen atoms in total. The third-order valence-corrected chi connectivity index (χ3v) is 3.56. The number of nitrogens with zero attached hydrogens (tertiary/aromatic N) is 2. The average molecular weight is 338 g/mol. The van der Waals surface area contributed by atoms with Crippen molar-refractivity contribution < 1.29 is 9.84 Å². The van der Waals surface area contributed by atoms with Crippen LogP contribution in [0.2, 0.25) is 0 Å². The number of aromatic nitrogens is 2. The molecule has 1 aromatic carbocycles. The van der Waals surface area contributed by atoms with Gasteiger partial charge in [0.25, 0.3) is 0 Å². The Bertz CT molecular complexity index is 580. The van der Waals surface area contributed by atoms with Crippen LogP contribution < -0.4 is 10.1 Å². The van der Waals surface area contributed by atoms with Gasteiger partial charge in [0, 0.05) is 0 Å². The van der Waals surface area contributed by atoms with E-state index in [1.165, 1.54) is 0 Å². The van der Waals surface area contributed by atoms with Crippen LogP contribution in [0.1, 0.15) is 12.5 Å². The van der Waals surface area contributed by atoms with E-state index >= 15 is 0 Å². The zero-order valence-electron chi connectivity index (χ0n) is 11.3. The van der Waals surface area contributed by atoms with Crippen LogP contribution in [0.3, 0.4) is 0 Å². The predicted octanol–water partition coefficient (Wildman–Crippen LogP) is 2.57. The first-order valence-corrected chi connectivity index (χ1v) is 6.89. The first-order valence-electron chi connectivity index (χ1n) is 6.10. The van der Waals surface area contributed by atoms with E-state index in [2.05, 4.69) is 31.2 Å². The number of rotatable bonds is 5. The van der Waals surface area contributed by atoms with Gasteiger partial charge in [-0.3, -0.25) is 0 Å². The van der Waals surface area contributed by atoms with Crippen molar-refractivity contribution >= 4 is 21.9 Å². The Morgan fingerprint density at radius 2 is 2.05 bits per heavy atom. The number of halogens is 1. The van der Waals surface area contributed by atoms with Crippen LogP contribution in [-0.2, 0) is 5.54 Å². The molecule has 0 saturated carbocycles. The van der Waals surface area contributed by atoms with Crippen molar-refractivity contribution in [1.82, 2.24) is 9.97 Å². The summed E-state index contributed by atoms with van der Waals surface area (Å²) in [5.41, 5.74) is 0.285. The Labute approximate surface area is 126 Å². The summed E-state index contributed by atoms with van der Waals surface area (Å²) in [4.78, 5) is 8.43. The fourth-order valence-corrected chi connectivity index (χ4v) is 2.16. The Hall–Kier alpha value is -1.66. The monoisotopic (exact) mass is 337 g/mol. The van der Waals surface area contributed by atoms with Gasteiger partial charge >= 0.3 is 0 Å². The van der Waals surface area contributed by atoms with Gasteiger partial charge < -0.3 is 15.2 Å². The highest BCUT2D eigenvalue weighted by molar-refractivity contribution is 9.10. The fourth-order valence-electron chi connectivity index (χ4n) is 1.81. The molecule has 20 heavy (non-hydrogen) atoms. The van der Waals surface area contributed by atoms with E-state index in [0.717, 1.165) is 5.56 Å². The summed E-state index contributed by atoms with van der Waals surface area (Å²) in [6, 6.07) is 9.67. The van der Waals surface area contributed by atoms with Crippen molar-refractivity contribution in [1.29, 1.82) is 0 Å². The Morgan fingerprint density at radius 3 is 2.65 bits per heavy atom. The standard InChI is InChI=1S/C14H16BrN3O2/c1-14(9-19,10-6-4-3-5-7-10)18-13-16-8-11(15)12(17-13)20-2/h3-8,19H,9H2,1-2H3,(H,16,17,18). The number of hydrogen-bond donors (Lipinski definition) is 2. The largest absolute Gasteiger partial charge is 0.480 e. The van der Waals surface area contributed by atoms with Gasteiger partial charge in [0.05, 0.1) is 29.9 Å². The molecule has 2 aromatic rings. The van der Waals surface area contributed by atoms with Gasteiger partial charge in [-0.15, -0.1) is 0 Å². The number of aliphatic hydroxyl groups is 1. The minimum Gasteiger partial charge on any atom is -0.480 e. The predicted molar refractivity (Wildman–Crippen MR) is 80.8 cm³/mol. The Morgan fingerprint density at radius 1 is 1.35 bits per heavy atom. The molecule has 2 N–H and O–H groups in total. The van der Waals surface area contributed by atoms with Gasteiger partial charge in [-0.1, -0.05) is 30.3 Å². The highest BCUT2D eigenvalue weighted by Crippen LogP contribution is 2.27. The van der Waals surface area contributed by atoms with Crippen molar-refractivity contribution in [2.45, 2.75) is 12.5 Å². The summed E-state index contributed by atoms with van der Waals surface area (Å²) >= 11 is 3.31. The van der Waals surface area contributed by atoms with Crippen molar-refractivity contribution in [3.05, 3.63) is 46.6 Å². The van der Waals surface area contributed by atoms with E-state index in [0.29, 0.717) is 16.3 Å². The quantitative estimate of drug-likeness (QED) is 0.877. The molecular formula is C14H16BrN3O2. The van der Waals surface area contributed by atoms with Crippen LogP contribution >= 0.6 is 15.9 Å². The number of nitrogens with one attached hydrogen (secondary N) is 1. The molecule has 0 amide bonds. The minimum absolute atomic E-state index is 0.0846. The van der Waals surface area contributed by atoms with Gasteiger partial charge in [0.2, 0.25) is 11.8 Å². The van der Waals surface area contributed by atoms with Crippen molar-refractivity contribution in [3.8, 4) is 5.88 Å². The number of hydrogen-bond acceptors (Lipinski definition) is 5. The second kappa shape index (κ2) is 6.19. The van der Waals surface area contributed by atoms with Crippen LogP contribution in [-0.4, -0.2) is 28.8 Å². The van der Waals surface area contributed by atoms with Gasteiger partial charge in [-0.2, -0.15) is 4.98 Å². The van der Waals surface area contributed by atoms with E-state index in [9.17, 15) is 5.11 Å². The van der Waals surface area contributed by atoms with Crippen molar-refractivity contribution in [2.75, 3.05) is 19.0 Å². The van der Waals surface area contributed by atoms with Gasteiger partial charge in [0.1, 0.15) is 0 Å². The molecule has 0 aliphatic heterocycles. The molecule has 1 atom stereocenters. The van der Waals surface area contributed by atoms with Crippen LogP contribution in [0.5, 0.6) is 5.88 Å². The topological polar surface area (TPSA) is 67.3 Å². The normalized spacial score (nSPS) is 13.6. The average Bonchev–Trinajstić information content (AvgIpc) is 2.50. The number of aliphatic hydroxyl groups excluding tert-OH is 1. The first kappa shape index (κ1) is 14.7. The lowest BCUT2D eigenvalue weighted by Crippen LogP contribution is -2.36. The molecule has 0 spiro atoms. The van der Waals surface area contributed by atoms with E-state index in [1.807, 2.05) is 37.3 Å². The molecule has 0 aliphatic rings. The molecule has 1 unspecified atom stereocenters. The second-order valence-corrected chi connectivity index (χ2v) is 5.39. The molecule has 6 heteroatoms. The number of methoxy groups -OCH3 is 1. The van der Waals surface area contributed by atoms with E-state index in [-0.39, 0.29) is 6.61 Å². The Kier molecular flexibility index (Phi) is 4.57. The van der Waals surface area contributed by atoms with Gasteiger partial charge in [-0.05, 0) is 28.4 Å². The van der Waals surface area contributed by atoms with E-state index in [4.69, 9.17) is 4.74 Å². The molecule has 0 fully saturated rings. The summed E-state index contributed by atoms with van der Waals surface area (Å²) in [5, 5.41) is 12.9. The highest BCUT2D eigenvalue weighted by Gasteiger charge is 2.26. The lowest BCUT2D eigenvalue weighted by atomic mass is 9.93. The summed E-state index contributed by atoms with van der Waals surface area (Å²) < 4.78 is 5.82. The molecule has 106 valence electrons. The highest BCUT2D eigenvalue weighted by atomic mass is 79.9. The number of ether oxygens (including phenoxy) is 1. The smallest absolute Gasteiger partial charge is 0.232 e. The SMILES string of the molecule is COc1nc(NC(C)(CO)c2ccccc2)ncc1Br. The van der Waals surface area contributed by atoms with Crippen LogP contribution in [0.15, 0.2) is 41.0 Å². The minimum atomic E-state index is -0.667. The summed E-state index contributed by atoms with van der Waals surface area (Å²) in [6.07, 6.45) is 1.61. The van der Waals surface area contributed by atoms with Crippen LogP contribution in [0.25, 0.3) is 0 Å². The maximum absolute atomic E-state index is 9.72. The maximum atomic E-state index is 9.72. The molecule has 0 bridgehead atoms. The van der Waals surface area contributed by atoms with Crippen molar-refractivity contribution in [3.63, 3.8) is 0 Å². The molecular weight excluding hydrogens is 322 g/mol. The van der Waals surface area contributed by atoms with E-state index in [1.54, 1.807) is 13.3 Å². The van der Waals surface area contributed by atoms with Gasteiger partial charge in [-0.25, -0.2) is 4.98 Å². The Balaban J connectivity index is 2.31. The lowest BCUT2D eigenvalue weighted by Gasteiger charge is -2.29. The second-order valence-electron chi connectivity index (χ2n) is 4.53. The number of anilines is 1. The molecule has 0 radical (unpaired) electrons. The van der Waals surface area contributed by atoms with Crippen LogP contribution in [0.4, 0.5) is 5.95 Å². The molecule has 0 aliphatic carbocycles. The number of benzene rings is 1. The lowest BCUT2D eigenvalue weighted by molar-refractivity contribution is 0.223. The molecule has 1 heterocycles. The summed E-state index contributed by atoms with van der Waals surface area (Å²) in [5.74, 6) is 0.835. The maximum Gasteiger partial charge on any atom is 0.232 e.